The van der Waals surface area contributed by atoms with Gasteiger partial charge in [0.2, 0.25) is 0 Å². The molecule has 3 saturated carbocycles. The molecule has 5 rings (SSSR count). The van der Waals surface area contributed by atoms with E-state index in [4.69, 9.17) is 18.9 Å². The minimum atomic E-state index is -0.233. The van der Waals surface area contributed by atoms with Gasteiger partial charge < -0.3 is 18.9 Å². The lowest BCUT2D eigenvalue weighted by molar-refractivity contribution is -0.337. The summed E-state index contributed by atoms with van der Waals surface area (Å²) in [5.74, 6) is -0.466. The van der Waals surface area contributed by atoms with Crippen LogP contribution < -0.4 is 0 Å². The molecule has 3 aliphatic carbocycles. The lowest BCUT2D eigenvalue weighted by Crippen LogP contribution is -2.56. The number of ether oxygens (including phenoxy) is 4. The highest BCUT2D eigenvalue weighted by molar-refractivity contribution is 4.97. The summed E-state index contributed by atoms with van der Waals surface area (Å²) >= 11 is 0. The van der Waals surface area contributed by atoms with Gasteiger partial charge in [-0.05, 0) is 51.4 Å². The van der Waals surface area contributed by atoms with Crippen LogP contribution in [0.3, 0.4) is 0 Å². The first kappa shape index (κ1) is 17.9. The van der Waals surface area contributed by atoms with E-state index in [1.165, 1.54) is 64.2 Å². The van der Waals surface area contributed by atoms with Crippen molar-refractivity contribution in [2.24, 2.45) is 10.8 Å². The Morgan fingerprint density at radius 3 is 0.962 bits per heavy atom. The summed E-state index contributed by atoms with van der Waals surface area (Å²) in [6.45, 7) is 3.59. The minimum Gasteiger partial charge on any atom is -0.349 e. The zero-order chi connectivity index (χ0) is 17.6. The van der Waals surface area contributed by atoms with Crippen molar-refractivity contribution in [1.29, 1.82) is 0 Å². The fraction of sp³-hybridized carbons (Fsp3) is 1.00. The van der Waals surface area contributed by atoms with E-state index in [1.807, 2.05) is 0 Å². The molecule has 4 heteroatoms. The highest BCUT2D eigenvalue weighted by atomic mass is 16.7. The first-order chi connectivity index (χ1) is 12.7. The van der Waals surface area contributed by atoms with Gasteiger partial charge in [0.05, 0.1) is 26.4 Å². The molecule has 4 nitrogen and oxygen atoms in total. The molecule has 0 aromatic heterocycles. The van der Waals surface area contributed by atoms with Crippen LogP contribution >= 0.6 is 0 Å². The lowest BCUT2D eigenvalue weighted by atomic mass is 9.64. The molecule has 0 N–H and O–H groups in total. The largest absolute Gasteiger partial charge is 0.349 e. The topological polar surface area (TPSA) is 36.9 Å². The molecular weight excluding hydrogens is 328 g/mol. The molecule has 0 radical (unpaired) electrons. The third-order valence-electron chi connectivity index (χ3n) is 8.17. The van der Waals surface area contributed by atoms with Crippen LogP contribution in [0, 0.1) is 10.8 Å². The molecule has 2 saturated heterocycles. The van der Waals surface area contributed by atoms with Crippen molar-refractivity contribution in [3.63, 3.8) is 0 Å². The van der Waals surface area contributed by atoms with Crippen LogP contribution in [-0.4, -0.2) is 38.0 Å². The van der Waals surface area contributed by atoms with Gasteiger partial charge in [-0.2, -0.15) is 0 Å². The summed E-state index contributed by atoms with van der Waals surface area (Å²) < 4.78 is 25.5. The second kappa shape index (κ2) is 6.72. The van der Waals surface area contributed by atoms with Crippen molar-refractivity contribution in [3.8, 4) is 0 Å². The number of hydrogen-bond donors (Lipinski definition) is 0. The average molecular weight is 365 g/mol. The Morgan fingerprint density at radius 1 is 0.346 bits per heavy atom. The Morgan fingerprint density at radius 2 is 0.654 bits per heavy atom. The second-order valence-electron chi connectivity index (χ2n) is 10.1. The van der Waals surface area contributed by atoms with Crippen LogP contribution in [0.2, 0.25) is 0 Å². The highest BCUT2D eigenvalue weighted by Crippen LogP contribution is 2.52. The molecule has 0 atom stereocenters. The van der Waals surface area contributed by atoms with Gasteiger partial charge in [0, 0.05) is 36.5 Å². The van der Waals surface area contributed by atoms with E-state index in [1.54, 1.807) is 0 Å². The van der Waals surface area contributed by atoms with Crippen molar-refractivity contribution in [1.82, 2.24) is 0 Å². The van der Waals surface area contributed by atoms with Crippen LogP contribution in [0.1, 0.15) is 89.9 Å². The van der Waals surface area contributed by atoms with Gasteiger partial charge in [-0.25, -0.2) is 0 Å². The molecule has 2 aliphatic heterocycles. The van der Waals surface area contributed by atoms with E-state index in [-0.39, 0.29) is 22.4 Å². The van der Waals surface area contributed by atoms with Crippen LogP contribution in [0.15, 0.2) is 0 Å². The Kier molecular flexibility index (Phi) is 4.63. The highest BCUT2D eigenvalue weighted by Gasteiger charge is 2.52. The predicted molar refractivity (Wildman–Crippen MR) is 98.8 cm³/mol. The van der Waals surface area contributed by atoms with Gasteiger partial charge in [-0.3, -0.25) is 0 Å². The van der Waals surface area contributed by atoms with E-state index >= 15 is 0 Å². The van der Waals surface area contributed by atoms with E-state index in [9.17, 15) is 0 Å². The van der Waals surface area contributed by atoms with Gasteiger partial charge in [0.1, 0.15) is 0 Å². The first-order valence-electron chi connectivity index (χ1n) is 11.2. The maximum Gasteiger partial charge on any atom is 0.168 e. The van der Waals surface area contributed by atoms with Crippen molar-refractivity contribution in [2.75, 3.05) is 26.4 Å². The molecule has 0 amide bonds. The van der Waals surface area contributed by atoms with E-state index in [0.29, 0.717) is 0 Å². The second-order valence-corrected chi connectivity index (χ2v) is 10.1. The van der Waals surface area contributed by atoms with Crippen LogP contribution in [0.4, 0.5) is 0 Å². The van der Waals surface area contributed by atoms with Crippen molar-refractivity contribution >= 4 is 0 Å². The molecule has 0 aromatic rings. The summed E-state index contributed by atoms with van der Waals surface area (Å²) in [4.78, 5) is 0. The summed E-state index contributed by atoms with van der Waals surface area (Å²) in [6, 6.07) is 0. The van der Waals surface area contributed by atoms with Gasteiger partial charge >= 0.3 is 0 Å². The molecule has 0 bridgehead atoms. The van der Waals surface area contributed by atoms with Crippen LogP contribution in [-0.2, 0) is 18.9 Å². The third-order valence-corrected chi connectivity index (χ3v) is 8.17. The number of rotatable bonds is 0. The maximum atomic E-state index is 6.38. The fourth-order valence-corrected chi connectivity index (χ4v) is 5.95. The molecule has 26 heavy (non-hydrogen) atoms. The quantitative estimate of drug-likeness (QED) is 0.609. The monoisotopic (exact) mass is 364 g/mol. The zero-order valence-electron chi connectivity index (χ0n) is 16.4. The molecular formula is C22H36O4. The first-order valence-corrected chi connectivity index (χ1v) is 11.2. The predicted octanol–water partition coefficient (Wildman–Crippen LogP) is 4.95. The normalized spacial score (nSPS) is 35.1. The van der Waals surface area contributed by atoms with Crippen LogP contribution in [0.5, 0.6) is 0 Å². The third kappa shape index (κ3) is 3.25. The van der Waals surface area contributed by atoms with Crippen molar-refractivity contribution < 1.29 is 18.9 Å². The van der Waals surface area contributed by atoms with Gasteiger partial charge in [-0.15, -0.1) is 0 Å². The Labute approximate surface area is 158 Å². The van der Waals surface area contributed by atoms with Crippen molar-refractivity contribution in [3.05, 3.63) is 0 Å². The molecule has 5 aliphatic rings. The minimum absolute atomic E-state index is 0.233. The molecule has 148 valence electrons. The summed E-state index contributed by atoms with van der Waals surface area (Å²) in [6.07, 6.45) is 16.9. The fourth-order valence-electron chi connectivity index (χ4n) is 5.95. The van der Waals surface area contributed by atoms with E-state index in [0.717, 1.165) is 52.1 Å². The zero-order valence-corrected chi connectivity index (χ0v) is 16.4. The molecule has 4 spiro atoms. The molecule has 2 heterocycles. The smallest absolute Gasteiger partial charge is 0.168 e. The number of hydrogen-bond acceptors (Lipinski definition) is 4. The SMILES string of the molecule is C1CCC2(CC1)OCC1(CCC3(CC1)COC1(CCCCC1)OC3)CO2. The van der Waals surface area contributed by atoms with E-state index in [2.05, 4.69) is 0 Å². The van der Waals surface area contributed by atoms with Crippen molar-refractivity contribution in [2.45, 2.75) is 101 Å². The Balaban J connectivity index is 1.16. The maximum absolute atomic E-state index is 6.38. The van der Waals surface area contributed by atoms with E-state index < -0.39 is 0 Å². The summed E-state index contributed by atoms with van der Waals surface area (Å²) in [7, 11) is 0. The van der Waals surface area contributed by atoms with Gasteiger partial charge in [0.15, 0.2) is 11.6 Å². The molecule has 0 unspecified atom stereocenters. The standard InChI is InChI=1S/C22H36O4/c1-3-7-21(8-4-1)23-15-19(16-24-21)11-13-20(14-12-19)17-25-22(26-18-20)9-5-2-6-10-22/h1-18H2. The lowest BCUT2D eigenvalue weighted by Gasteiger charge is -2.55. The Bertz CT molecular complexity index is 426. The summed E-state index contributed by atoms with van der Waals surface area (Å²) in [5, 5.41) is 0. The van der Waals surface area contributed by atoms with Gasteiger partial charge in [0.25, 0.3) is 0 Å². The average Bonchev–Trinajstić information content (AvgIpc) is 2.71. The summed E-state index contributed by atoms with van der Waals surface area (Å²) in [5.41, 5.74) is 0.488. The van der Waals surface area contributed by atoms with Crippen LogP contribution in [0.25, 0.3) is 0 Å². The van der Waals surface area contributed by atoms with Gasteiger partial charge in [-0.1, -0.05) is 12.8 Å². The molecule has 5 fully saturated rings. The molecule has 0 aromatic carbocycles. The Hall–Kier alpha value is -0.160.